The average Bonchev–Trinajstić information content (AvgIpc) is 2.83. The Labute approximate surface area is 124 Å². The van der Waals surface area contributed by atoms with Crippen molar-refractivity contribution in [2.45, 2.75) is 45.3 Å². The summed E-state index contributed by atoms with van der Waals surface area (Å²) < 4.78 is 24.1. The summed E-state index contributed by atoms with van der Waals surface area (Å²) in [7, 11) is 0. The van der Waals surface area contributed by atoms with Crippen molar-refractivity contribution < 1.29 is 18.7 Å². The summed E-state index contributed by atoms with van der Waals surface area (Å²) in [6, 6.07) is 5.99. The van der Waals surface area contributed by atoms with Crippen LogP contribution >= 0.6 is 0 Å². The molecule has 1 saturated heterocycles. The van der Waals surface area contributed by atoms with E-state index >= 15 is 0 Å². The topological polar surface area (TPSA) is 38.8 Å². The molecule has 1 aromatic carbocycles. The van der Waals surface area contributed by atoms with Crippen LogP contribution in [0, 0.1) is 5.82 Å². The predicted octanol–water partition coefficient (Wildman–Crippen LogP) is 3.60. The molecule has 0 spiro atoms. The average molecular weight is 295 g/mol. The Morgan fingerprint density at radius 2 is 2.19 bits per heavy atom. The lowest BCUT2D eigenvalue weighted by atomic mass is 10.2. The Morgan fingerprint density at radius 3 is 2.86 bits per heavy atom. The molecule has 5 heteroatoms. The highest BCUT2D eigenvalue weighted by Gasteiger charge is 2.32. The number of hydrogen-bond donors (Lipinski definition) is 0. The molecule has 0 radical (unpaired) electrons. The summed E-state index contributed by atoms with van der Waals surface area (Å²) in [6.07, 6.45) is 1.48. The van der Waals surface area contributed by atoms with Gasteiger partial charge >= 0.3 is 6.09 Å². The van der Waals surface area contributed by atoms with Crippen LogP contribution in [0.3, 0.4) is 0 Å². The number of nitrogens with zero attached hydrogens (tertiary/aromatic N) is 1. The monoisotopic (exact) mass is 295 g/mol. The van der Waals surface area contributed by atoms with Crippen LogP contribution in [-0.4, -0.2) is 35.8 Å². The van der Waals surface area contributed by atoms with Gasteiger partial charge in [-0.25, -0.2) is 9.18 Å². The minimum Gasteiger partial charge on any atom is -0.491 e. The fourth-order valence-electron chi connectivity index (χ4n) is 2.32. The molecule has 0 aliphatic carbocycles. The van der Waals surface area contributed by atoms with E-state index < -0.39 is 5.60 Å². The SMILES string of the molecule is CC(C)(C)OC(=O)N1CCC[C@@H]1COc1cccc(F)c1. The van der Waals surface area contributed by atoms with E-state index in [1.807, 2.05) is 20.8 Å². The van der Waals surface area contributed by atoms with Gasteiger partial charge in [0.25, 0.3) is 0 Å². The minimum atomic E-state index is -0.506. The van der Waals surface area contributed by atoms with E-state index in [0.717, 1.165) is 12.8 Å². The van der Waals surface area contributed by atoms with Gasteiger partial charge in [-0.3, -0.25) is 0 Å². The maximum atomic E-state index is 13.1. The van der Waals surface area contributed by atoms with Gasteiger partial charge in [0.05, 0.1) is 6.04 Å². The molecule has 0 N–H and O–H groups in total. The Kier molecular flexibility index (Phi) is 4.70. The normalized spacial score (nSPS) is 18.7. The number of ether oxygens (including phenoxy) is 2. The van der Waals surface area contributed by atoms with Crippen LogP contribution in [0.15, 0.2) is 24.3 Å². The van der Waals surface area contributed by atoms with Crippen molar-refractivity contribution in [3.63, 3.8) is 0 Å². The zero-order valence-corrected chi connectivity index (χ0v) is 12.8. The molecule has 4 nitrogen and oxygen atoms in total. The highest BCUT2D eigenvalue weighted by atomic mass is 19.1. The zero-order chi connectivity index (χ0) is 15.5. The van der Waals surface area contributed by atoms with Gasteiger partial charge in [0.15, 0.2) is 0 Å². The van der Waals surface area contributed by atoms with Crippen molar-refractivity contribution in [2.75, 3.05) is 13.2 Å². The lowest BCUT2D eigenvalue weighted by molar-refractivity contribution is 0.0187. The molecule has 116 valence electrons. The number of amides is 1. The number of rotatable bonds is 3. The summed E-state index contributed by atoms with van der Waals surface area (Å²) in [5, 5.41) is 0. The van der Waals surface area contributed by atoms with E-state index in [9.17, 15) is 9.18 Å². The van der Waals surface area contributed by atoms with E-state index in [-0.39, 0.29) is 18.0 Å². The molecule has 1 atom stereocenters. The van der Waals surface area contributed by atoms with Crippen LogP contribution < -0.4 is 4.74 Å². The van der Waals surface area contributed by atoms with E-state index in [0.29, 0.717) is 18.9 Å². The molecule has 0 saturated carbocycles. The van der Waals surface area contributed by atoms with Crippen LogP contribution in [-0.2, 0) is 4.74 Å². The van der Waals surface area contributed by atoms with E-state index in [4.69, 9.17) is 9.47 Å². The van der Waals surface area contributed by atoms with Crippen molar-refractivity contribution >= 4 is 6.09 Å². The van der Waals surface area contributed by atoms with Crippen molar-refractivity contribution in [2.24, 2.45) is 0 Å². The van der Waals surface area contributed by atoms with Crippen LogP contribution in [0.2, 0.25) is 0 Å². The third-order valence-corrected chi connectivity index (χ3v) is 3.24. The molecule has 0 unspecified atom stereocenters. The minimum absolute atomic E-state index is 0.0249. The van der Waals surface area contributed by atoms with Crippen molar-refractivity contribution in [3.05, 3.63) is 30.1 Å². The second-order valence-corrected chi connectivity index (χ2v) is 6.24. The lowest BCUT2D eigenvalue weighted by Crippen LogP contribution is -2.42. The zero-order valence-electron chi connectivity index (χ0n) is 12.8. The first-order chi connectivity index (χ1) is 9.85. The molecule has 0 bridgehead atoms. The van der Waals surface area contributed by atoms with Crippen LogP contribution in [0.25, 0.3) is 0 Å². The van der Waals surface area contributed by atoms with Crippen molar-refractivity contribution in [3.8, 4) is 5.75 Å². The maximum absolute atomic E-state index is 13.1. The summed E-state index contributed by atoms with van der Waals surface area (Å²) in [5.74, 6) is 0.147. The highest BCUT2D eigenvalue weighted by Crippen LogP contribution is 2.22. The summed E-state index contributed by atoms with van der Waals surface area (Å²) in [6.45, 7) is 6.56. The van der Waals surface area contributed by atoms with Crippen LogP contribution in [0.4, 0.5) is 9.18 Å². The summed E-state index contributed by atoms with van der Waals surface area (Å²) >= 11 is 0. The lowest BCUT2D eigenvalue weighted by Gasteiger charge is -2.28. The van der Waals surface area contributed by atoms with Gasteiger partial charge < -0.3 is 14.4 Å². The van der Waals surface area contributed by atoms with Gasteiger partial charge in [0, 0.05) is 12.6 Å². The van der Waals surface area contributed by atoms with Gasteiger partial charge in [-0.2, -0.15) is 0 Å². The Bertz CT molecular complexity index is 499. The third-order valence-electron chi connectivity index (χ3n) is 3.24. The fraction of sp³-hybridized carbons (Fsp3) is 0.562. The summed E-state index contributed by atoms with van der Waals surface area (Å²) in [4.78, 5) is 13.8. The van der Waals surface area contributed by atoms with E-state index in [1.165, 1.54) is 12.1 Å². The first-order valence-electron chi connectivity index (χ1n) is 7.23. The highest BCUT2D eigenvalue weighted by molar-refractivity contribution is 5.69. The Hall–Kier alpha value is -1.78. The Balaban J connectivity index is 1.91. The summed E-state index contributed by atoms with van der Waals surface area (Å²) in [5.41, 5.74) is -0.506. The van der Waals surface area contributed by atoms with Gasteiger partial charge in [0.1, 0.15) is 23.8 Å². The largest absolute Gasteiger partial charge is 0.491 e. The molecule has 2 rings (SSSR count). The second-order valence-electron chi connectivity index (χ2n) is 6.24. The van der Waals surface area contributed by atoms with Gasteiger partial charge in [-0.1, -0.05) is 6.07 Å². The van der Waals surface area contributed by atoms with E-state index in [2.05, 4.69) is 0 Å². The van der Waals surface area contributed by atoms with Gasteiger partial charge in [0.2, 0.25) is 0 Å². The van der Waals surface area contributed by atoms with Gasteiger partial charge in [-0.15, -0.1) is 0 Å². The second kappa shape index (κ2) is 6.33. The molecular formula is C16H22FNO3. The first kappa shape index (κ1) is 15.6. The number of hydrogen-bond acceptors (Lipinski definition) is 3. The molecule has 1 aliphatic heterocycles. The molecule has 0 aromatic heterocycles. The standard InChI is InChI=1S/C16H22FNO3/c1-16(2,3)21-15(19)18-9-5-7-13(18)11-20-14-8-4-6-12(17)10-14/h4,6,8,10,13H,5,7,9,11H2,1-3H3/t13-/m1/s1. The Morgan fingerprint density at radius 1 is 1.43 bits per heavy atom. The molecule has 1 amide bonds. The molecular weight excluding hydrogens is 273 g/mol. The first-order valence-corrected chi connectivity index (χ1v) is 7.23. The van der Waals surface area contributed by atoms with Gasteiger partial charge in [-0.05, 0) is 45.7 Å². The quantitative estimate of drug-likeness (QED) is 0.855. The van der Waals surface area contributed by atoms with Crippen molar-refractivity contribution in [1.29, 1.82) is 0 Å². The molecule has 21 heavy (non-hydrogen) atoms. The number of likely N-dealkylation sites (tertiary alicyclic amines) is 1. The smallest absolute Gasteiger partial charge is 0.410 e. The van der Waals surface area contributed by atoms with Crippen LogP contribution in [0.5, 0.6) is 5.75 Å². The van der Waals surface area contributed by atoms with Crippen molar-refractivity contribution in [1.82, 2.24) is 4.90 Å². The molecule has 1 aromatic rings. The molecule has 1 heterocycles. The maximum Gasteiger partial charge on any atom is 0.410 e. The number of benzene rings is 1. The predicted molar refractivity (Wildman–Crippen MR) is 77.9 cm³/mol. The molecule has 1 fully saturated rings. The van der Waals surface area contributed by atoms with Crippen LogP contribution in [0.1, 0.15) is 33.6 Å². The molecule has 1 aliphatic rings. The number of carbonyl (C=O) groups is 1. The van der Waals surface area contributed by atoms with E-state index in [1.54, 1.807) is 17.0 Å². The number of carbonyl (C=O) groups excluding carboxylic acids is 1. The number of halogens is 1. The third kappa shape index (κ3) is 4.62. The fourth-order valence-corrected chi connectivity index (χ4v) is 2.32.